The van der Waals surface area contributed by atoms with Gasteiger partial charge in [0.05, 0.1) is 16.8 Å². The number of azo groups is 1. The van der Waals surface area contributed by atoms with Crippen molar-refractivity contribution in [1.82, 2.24) is 4.98 Å². The Labute approximate surface area is 127 Å². The van der Waals surface area contributed by atoms with Gasteiger partial charge in [-0.05, 0) is 30.3 Å². The van der Waals surface area contributed by atoms with Crippen molar-refractivity contribution in [2.75, 3.05) is 0 Å². The summed E-state index contributed by atoms with van der Waals surface area (Å²) in [5, 5.41) is 17.4. The number of H-pyrrole nitrogens is 1. The largest absolute Gasteiger partial charge is 0.493 e. The van der Waals surface area contributed by atoms with Crippen LogP contribution in [0.2, 0.25) is 0 Å². The zero-order valence-corrected chi connectivity index (χ0v) is 11.4. The molecular formula is C15H9F4N3O. The van der Waals surface area contributed by atoms with Crippen LogP contribution in [0.15, 0.2) is 52.7 Å². The molecule has 0 spiro atoms. The normalized spacial score (nSPS) is 12.3. The maximum absolute atomic E-state index is 13.1. The number of halogens is 4. The first-order valence-electron chi connectivity index (χ1n) is 6.44. The number of nitrogens with zero attached hydrogens (tertiary/aromatic N) is 2. The van der Waals surface area contributed by atoms with Gasteiger partial charge in [0.15, 0.2) is 5.69 Å². The standard InChI is InChI=1S/C15H9F4N3O/c16-8-5-6-9-12(7-8)20-14(23)13(9)22-21-11-4-2-1-3-10(11)15(17,18)19/h1-7,20,23H. The van der Waals surface area contributed by atoms with Gasteiger partial charge >= 0.3 is 6.18 Å². The molecule has 0 unspecified atom stereocenters. The van der Waals surface area contributed by atoms with Gasteiger partial charge in [0.25, 0.3) is 0 Å². The number of alkyl halides is 3. The summed E-state index contributed by atoms with van der Waals surface area (Å²) < 4.78 is 51.8. The van der Waals surface area contributed by atoms with Gasteiger partial charge in [-0.2, -0.15) is 13.2 Å². The van der Waals surface area contributed by atoms with Crippen LogP contribution in [0.5, 0.6) is 5.88 Å². The lowest BCUT2D eigenvalue weighted by Crippen LogP contribution is -2.04. The van der Waals surface area contributed by atoms with Crippen molar-refractivity contribution in [3.05, 3.63) is 53.8 Å². The fraction of sp³-hybridized carbons (Fsp3) is 0.0667. The molecule has 4 nitrogen and oxygen atoms in total. The van der Waals surface area contributed by atoms with Crippen LogP contribution in [0, 0.1) is 5.82 Å². The summed E-state index contributed by atoms with van der Waals surface area (Å²) in [4.78, 5) is 2.49. The highest BCUT2D eigenvalue weighted by atomic mass is 19.4. The molecule has 1 heterocycles. The second kappa shape index (κ2) is 5.38. The molecule has 1 aromatic heterocycles. The molecule has 0 saturated heterocycles. The molecule has 0 radical (unpaired) electrons. The molecule has 0 atom stereocenters. The van der Waals surface area contributed by atoms with Crippen molar-refractivity contribution in [2.45, 2.75) is 6.18 Å². The molecule has 118 valence electrons. The van der Waals surface area contributed by atoms with Crippen molar-refractivity contribution in [3.63, 3.8) is 0 Å². The topological polar surface area (TPSA) is 60.7 Å². The van der Waals surface area contributed by atoms with Gasteiger partial charge in [0, 0.05) is 5.39 Å². The lowest BCUT2D eigenvalue weighted by atomic mass is 10.2. The first-order valence-corrected chi connectivity index (χ1v) is 6.44. The maximum Gasteiger partial charge on any atom is 0.418 e. The Balaban J connectivity index is 2.07. The first kappa shape index (κ1) is 15.0. The molecular weight excluding hydrogens is 314 g/mol. The Bertz CT molecular complexity index is 899. The highest BCUT2D eigenvalue weighted by Crippen LogP contribution is 2.39. The molecule has 3 rings (SSSR count). The van der Waals surface area contributed by atoms with E-state index >= 15 is 0 Å². The van der Waals surface area contributed by atoms with Crippen LogP contribution >= 0.6 is 0 Å². The second-order valence-electron chi connectivity index (χ2n) is 4.73. The van der Waals surface area contributed by atoms with Crippen LogP contribution < -0.4 is 0 Å². The van der Waals surface area contributed by atoms with Gasteiger partial charge in [0.1, 0.15) is 5.82 Å². The Kier molecular flexibility index (Phi) is 3.51. The second-order valence-corrected chi connectivity index (χ2v) is 4.73. The van der Waals surface area contributed by atoms with E-state index in [0.717, 1.165) is 24.3 Å². The van der Waals surface area contributed by atoms with Crippen LogP contribution in [0.1, 0.15) is 5.56 Å². The average molecular weight is 323 g/mol. The Hall–Kier alpha value is -2.90. The molecule has 3 aromatic rings. The summed E-state index contributed by atoms with van der Waals surface area (Å²) in [6.45, 7) is 0. The van der Waals surface area contributed by atoms with Crippen molar-refractivity contribution >= 4 is 22.3 Å². The van der Waals surface area contributed by atoms with E-state index in [9.17, 15) is 22.7 Å². The number of fused-ring (bicyclic) bond motifs is 1. The fourth-order valence-corrected chi connectivity index (χ4v) is 2.15. The molecule has 0 amide bonds. The van der Waals surface area contributed by atoms with Gasteiger partial charge in [-0.15, -0.1) is 10.2 Å². The Morgan fingerprint density at radius 3 is 2.48 bits per heavy atom. The van der Waals surface area contributed by atoms with E-state index in [1.165, 1.54) is 18.2 Å². The van der Waals surface area contributed by atoms with E-state index in [0.29, 0.717) is 5.39 Å². The molecule has 23 heavy (non-hydrogen) atoms. The minimum absolute atomic E-state index is 0.0584. The molecule has 2 aromatic carbocycles. The van der Waals surface area contributed by atoms with Crippen LogP contribution in [0.4, 0.5) is 28.9 Å². The van der Waals surface area contributed by atoms with E-state index in [1.54, 1.807) is 0 Å². The predicted molar refractivity (Wildman–Crippen MR) is 75.5 cm³/mol. The molecule has 0 aliphatic heterocycles. The van der Waals surface area contributed by atoms with Crippen LogP contribution in [-0.4, -0.2) is 10.1 Å². The third-order valence-electron chi connectivity index (χ3n) is 3.18. The number of rotatable bonds is 2. The average Bonchev–Trinajstić information content (AvgIpc) is 2.79. The maximum atomic E-state index is 13.1. The SMILES string of the molecule is Oc1[nH]c2cc(F)ccc2c1N=Nc1ccccc1C(F)(F)F. The van der Waals surface area contributed by atoms with Crippen molar-refractivity contribution < 1.29 is 22.7 Å². The van der Waals surface area contributed by atoms with Gasteiger partial charge in [0.2, 0.25) is 5.88 Å². The van der Waals surface area contributed by atoms with Gasteiger partial charge in [-0.3, -0.25) is 0 Å². The minimum atomic E-state index is -4.57. The van der Waals surface area contributed by atoms with Gasteiger partial charge in [-0.25, -0.2) is 4.39 Å². The quantitative estimate of drug-likeness (QED) is 0.478. The summed E-state index contributed by atoms with van der Waals surface area (Å²) in [5.74, 6) is -0.927. The summed E-state index contributed by atoms with van der Waals surface area (Å²) in [7, 11) is 0. The smallest absolute Gasteiger partial charge is 0.418 e. The molecule has 0 aliphatic carbocycles. The summed E-state index contributed by atoms with van der Waals surface area (Å²) in [5.41, 5.74) is -1.11. The summed E-state index contributed by atoms with van der Waals surface area (Å²) >= 11 is 0. The summed E-state index contributed by atoms with van der Waals surface area (Å²) in [6.07, 6.45) is -4.57. The van der Waals surface area contributed by atoms with E-state index in [-0.39, 0.29) is 16.9 Å². The van der Waals surface area contributed by atoms with Crippen molar-refractivity contribution in [2.24, 2.45) is 10.2 Å². The number of hydrogen-bond acceptors (Lipinski definition) is 3. The number of nitrogens with one attached hydrogen (secondary N) is 1. The van der Waals surface area contributed by atoms with Crippen LogP contribution in [0.3, 0.4) is 0 Å². The molecule has 0 saturated carbocycles. The third kappa shape index (κ3) is 2.87. The Morgan fingerprint density at radius 1 is 1.00 bits per heavy atom. The van der Waals surface area contributed by atoms with E-state index in [1.807, 2.05) is 0 Å². The number of aromatic amines is 1. The fourth-order valence-electron chi connectivity index (χ4n) is 2.15. The van der Waals surface area contributed by atoms with Crippen LogP contribution in [-0.2, 0) is 6.18 Å². The van der Waals surface area contributed by atoms with Crippen molar-refractivity contribution in [1.29, 1.82) is 0 Å². The van der Waals surface area contributed by atoms with E-state index in [4.69, 9.17) is 0 Å². The first-order chi connectivity index (χ1) is 10.9. The van der Waals surface area contributed by atoms with Crippen LogP contribution in [0.25, 0.3) is 10.9 Å². The molecule has 0 fully saturated rings. The third-order valence-corrected chi connectivity index (χ3v) is 3.18. The Morgan fingerprint density at radius 2 is 1.74 bits per heavy atom. The van der Waals surface area contributed by atoms with Gasteiger partial charge in [-0.1, -0.05) is 12.1 Å². The molecule has 0 bridgehead atoms. The molecule has 8 heteroatoms. The molecule has 0 aliphatic rings. The lowest BCUT2D eigenvalue weighted by molar-refractivity contribution is -0.137. The zero-order valence-electron chi connectivity index (χ0n) is 11.4. The minimum Gasteiger partial charge on any atom is -0.493 e. The lowest BCUT2D eigenvalue weighted by Gasteiger charge is -2.08. The summed E-state index contributed by atoms with van der Waals surface area (Å²) in [6, 6.07) is 8.33. The number of hydrogen-bond donors (Lipinski definition) is 2. The number of benzene rings is 2. The zero-order chi connectivity index (χ0) is 16.6. The highest BCUT2D eigenvalue weighted by Gasteiger charge is 2.33. The molecule has 2 N–H and O–H groups in total. The van der Waals surface area contributed by atoms with Crippen molar-refractivity contribution in [3.8, 4) is 5.88 Å². The van der Waals surface area contributed by atoms with Gasteiger partial charge < -0.3 is 10.1 Å². The highest BCUT2D eigenvalue weighted by molar-refractivity contribution is 5.94. The van der Waals surface area contributed by atoms with E-state index in [2.05, 4.69) is 15.2 Å². The number of aromatic hydroxyl groups is 1. The predicted octanol–water partition coefficient (Wildman–Crippen LogP) is 5.45. The number of aromatic nitrogens is 1. The van der Waals surface area contributed by atoms with E-state index < -0.39 is 23.4 Å². The monoisotopic (exact) mass is 323 g/mol.